The Kier molecular flexibility index (Phi) is 3.29. The first kappa shape index (κ1) is 14.9. The predicted octanol–water partition coefficient (Wildman–Crippen LogP) is 3.07. The standard InChI is InChI=1S/C17H17N5O2S/c1-22-9-4-5-13(22)15-11(7-9)18-17(25-15)19-16(23)12-8-10(20-21-12)14-3-2-6-24-14/h2-3,6,8-9,13H,4-5,7H2,1H3,(H,20,21)(H,18,19,23)/t9-,13-/m1/s1. The highest BCUT2D eigenvalue weighted by Crippen LogP contribution is 2.45. The van der Waals surface area contributed by atoms with E-state index in [1.807, 2.05) is 6.07 Å². The van der Waals surface area contributed by atoms with E-state index in [0.29, 0.717) is 34.4 Å². The average Bonchev–Trinajstić information content (AvgIpc) is 3.35. The van der Waals surface area contributed by atoms with Gasteiger partial charge in [-0.3, -0.25) is 20.1 Å². The number of aromatic amines is 1. The van der Waals surface area contributed by atoms with Crippen molar-refractivity contribution in [1.29, 1.82) is 0 Å². The molecular weight excluding hydrogens is 338 g/mol. The maximum absolute atomic E-state index is 12.5. The van der Waals surface area contributed by atoms with Crippen molar-refractivity contribution in [3.63, 3.8) is 0 Å². The van der Waals surface area contributed by atoms with Gasteiger partial charge in [-0.15, -0.1) is 0 Å². The van der Waals surface area contributed by atoms with E-state index in [4.69, 9.17) is 4.42 Å². The summed E-state index contributed by atoms with van der Waals surface area (Å²) >= 11 is 1.58. The monoisotopic (exact) mass is 355 g/mol. The highest BCUT2D eigenvalue weighted by molar-refractivity contribution is 7.16. The van der Waals surface area contributed by atoms with Gasteiger partial charge in [0, 0.05) is 29.4 Å². The number of rotatable bonds is 3. The van der Waals surface area contributed by atoms with Crippen LogP contribution in [0, 0.1) is 0 Å². The second-order valence-electron chi connectivity index (χ2n) is 6.54. The molecule has 25 heavy (non-hydrogen) atoms. The molecule has 0 saturated carbocycles. The number of aromatic nitrogens is 3. The number of amides is 1. The molecule has 2 aliphatic rings. The number of likely N-dealkylation sites (N-methyl/N-ethyl adjacent to an activating group) is 1. The van der Waals surface area contributed by atoms with Gasteiger partial charge < -0.3 is 4.42 Å². The van der Waals surface area contributed by atoms with E-state index in [1.54, 1.807) is 29.7 Å². The van der Waals surface area contributed by atoms with Gasteiger partial charge in [-0.2, -0.15) is 5.10 Å². The Morgan fingerprint density at radius 1 is 1.48 bits per heavy atom. The van der Waals surface area contributed by atoms with E-state index >= 15 is 0 Å². The number of anilines is 1. The summed E-state index contributed by atoms with van der Waals surface area (Å²) in [4.78, 5) is 20.9. The third-order valence-corrected chi connectivity index (χ3v) is 6.23. The summed E-state index contributed by atoms with van der Waals surface area (Å²) < 4.78 is 5.31. The summed E-state index contributed by atoms with van der Waals surface area (Å²) in [7, 11) is 2.18. The molecule has 0 radical (unpaired) electrons. The molecule has 5 rings (SSSR count). The van der Waals surface area contributed by atoms with Crippen molar-refractivity contribution in [3.8, 4) is 11.5 Å². The Hall–Kier alpha value is -2.45. The molecule has 2 aliphatic heterocycles. The highest BCUT2D eigenvalue weighted by atomic mass is 32.1. The maximum atomic E-state index is 12.5. The number of thiazole rings is 1. The van der Waals surface area contributed by atoms with Crippen LogP contribution in [0.4, 0.5) is 5.13 Å². The zero-order chi connectivity index (χ0) is 17.0. The van der Waals surface area contributed by atoms with Crippen molar-refractivity contribution >= 4 is 22.4 Å². The van der Waals surface area contributed by atoms with Gasteiger partial charge >= 0.3 is 0 Å². The molecule has 2 N–H and O–H groups in total. The van der Waals surface area contributed by atoms with Crippen molar-refractivity contribution < 1.29 is 9.21 Å². The third-order valence-electron chi connectivity index (χ3n) is 5.12. The summed E-state index contributed by atoms with van der Waals surface area (Å²) in [5.74, 6) is 0.383. The molecule has 1 amide bonds. The average molecular weight is 355 g/mol. The summed E-state index contributed by atoms with van der Waals surface area (Å²) in [6.45, 7) is 0. The van der Waals surface area contributed by atoms with Crippen LogP contribution >= 0.6 is 11.3 Å². The molecule has 7 nitrogen and oxygen atoms in total. The van der Waals surface area contributed by atoms with E-state index < -0.39 is 0 Å². The lowest BCUT2D eigenvalue weighted by Crippen LogP contribution is -2.33. The van der Waals surface area contributed by atoms with Gasteiger partial charge in [0.1, 0.15) is 5.69 Å². The summed E-state index contributed by atoms with van der Waals surface area (Å²) in [6.07, 6.45) is 4.96. The molecular formula is C17H17N5O2S. The zero-order valence-corrected chi connectivity index (χ0v) is 14.5. The molecule has 0 aliphatic carbocycles. The van der Waals surface area contributed by atoms with Crippen molar-refractivity contribution in [3.05, 3.63) is 40.7 Å². The van der Waals surface area contributed by atoms with Crippen LogP contribution in [0.15, 0.2) is 28.9 Å². The van der Waals surface area contributed by atoms with Crippen molar-refractivity contribution in [2.24, 2.45) is 0 Å². The lowest BCUT2D eigenvalue weighted by molar-refractivity contribution is 0.102. The molecule has 128 valence electrons. The van der Waals surface area contributed by atoms with E-state index in [1.165, 1.54) is 17.7 Å². The Morgan fingerprint density at radius 3 is 3.24 bits per heavy atom. The van der Waals surface area contributed by atoms with E-state index in [2.05, 4.69) is 32.4 Å². The Balaban J connectivity index is 1.36. The number of carbonyl (C=O) groups is 1. The van der Waals surface area contributed by atoms with Crippen molar-refractivity contribution in [2.45, 2.75) is 31.3 Å². The molecule has 3 aromatic rings. The van der Waals surface area contributed by atoms with Crippen LogP contribution in [0.1, 0.15) is 39.9 Å². The highest BCUT2D eigenvalue weighted by Gasteiger charge is 2.39. The molecule has 2 atom stereocenters. The molecule has 3 aromatic heterocycles. The fourth-order valence-electron chi connectivity index (χ4n) is 3.78. The molecule has 0 aromatic carbocycles. The van der Waals surface area contributed by atoms with Crippen LogP contribution in [-0.2, 0) is 6.42 Å². The number of fused-ring (bicyclic) bond motifs is 4. The second kappa shape index (κ2) is 5.53. The fourth-order valence-corrected chi connectivity index (χ4v) is 4.95. The predicted molar refractivity (Wildman–Crippen MR) is 93.6 cm³/mol. The smallest absolute Gasteiger partial charge is 0.277 e. The van der Waals surface area contributed by atoms with Gasteiger partial charge in [-0.1, -0.05) is 11.3 Å². The minimum atomic E-state index is -0.265. The summed E-state index contributed by atoms with van der Waals surface area (Å²) in [5.41, 5.74) is 2.13. The quantitative estimate of drug-likeness (QED) is 0.754. The number of carbonyl (C=O) groups excluding carboxylic acids is 1. The second-order valence-corrected chi connectivity index (χ2v) is 7.58. The number of hydrogen-bond donors (Lipinski definition) is 2. The Labute approximate surface area is 148 Å². The Bertz CT molecular complexity index is 929. The van der Waals surface area contributed by atoms with Gasteiger partial charge in [-0.25, -0.2) is 4.98 Å². The van der Waals surface area contributed by atoms with E-state index in [9.17, 15) is 4.79 Å². The van der Waals surface area contributed by atoms with Crippen LogP contribution in [0.3, 0.4) is 0 Å². The SMILES string of the molecule is CN1[C@@H]2CC[C@@H]1c1sc(NC(=O)c3cc(-c4ccco4)[nH]n3)nc1C2. The van der Waals surface area contributed by atoms with Gasteiger partial charge in [0.25, 0.3) is 5.91 Å². The largest absolute Gasteiger partial charge is 0.463 e. The normalized spacial score (nSPS) is 22.1. The lowest BCUT2D eigenvalue weighted by Gasteiger charge is -2.29. The minimum absolute atomic E-state index is 0.265. The van der Waals surface area contributed by atoms with Crippen LogP contribution in [0.5, 0.6) is 0 Å². The molecule has 5 heterocycles. The van der Waals surface area contributed by atoms with Gasteiger partial charge in [0.15, 0.2) is 16.6 Å². The van der Waals surface area contributed by atoms with Gasteiger partial charge in [0.2, 0.25) is 0 Å². The molecule has 0 spiro atoms. The minimum Gasteiger partial charge on any atom is -0.463 e. The lowest BCUT2D eigenvalue weighted by atomic mass is 10.1. The van der Waals surface area contributed by atoms with Crippen molar-refractivity contribution in [1.82, 2.24) is 20.1 Å². The fraction of sp³-hybridized carbons (Fsp3) is 0.353. The first-order valence-electron chi connectivity index (χ1n) is 8.31. The molecule has 8 heteroatoms. The Morgan fingerprint density at radius 2 is 2.40 bits per heavy atom. The zero-order valence-electron chi connectivity index (χ0n) is 13.7. The van der Waals surface area contributed by atoms with Gasteiger partial charge in [-0.05, 0) is 32.0 Å². The number of hydrogen-bond acceptors (Lipinski definition) is 6. The number of nitrogens with one attached hydrogen (secondary N) is 2. The molecule has 2 bridgehead atoms. The van der Waals surface area contributed by atoms with Crippen LogP contribution in [-0.4, -0.2) is 39.1 Å². The summed E-state index contributed by atoms with van der Waals surface area (Å²) in [5, 5.41) is 10.4. The molecule has 0 unspecified atom stereocenters. The molecule has 1 fully saturated rings. The third kappa shape index (κ3) is 2.40. The van der Waals surface area contributed by atoms with Crippen LogP contribution in [0.2, 0.25) is 0 Å². The number of H-pyrrole nitrogens is 1. The summed E-state index contributed by atoms with van der Waals surface area (Å²) in [6, 6.07) is 6.33. The number of nitrogens with zero attached hydrogens (tertiary/aromatic N) is 3. The van der Waals surface area contributed by atoms with E-state index in [0.717, 1.165) is 12.1 Å². The topological polar surface area (TPSA) is 87.0 Å². The van der Waals surface area contributed by atoms with Crippen LogP contribution < -0.4 is 5.32 Å². The first-order valence-corrected chi connectivity index (χ1v) is 9.13. The van der Waals surface area contributed by atoms with E-state index in [-0.39, 0.29) is 5.91 Å². The van der Waals surface area contributed by atoms with Crippen LogP contribution in [0.25, 0.3) is 11.5 Å². The number of furan rings is 1. The van der Waals surface area contributed by atoms with Crippen molar-refractivity contribution in [2.75, 3.05) is 12.4 Å². The molecule has 1 saturated heterocycles. The van der Waals surface area contributed by atoms with Gasteiger partial charge in [0.05, 0.1) is 12.0 Å². The first-order chi connectivity index (χ1) is 12.2. The maximum Gasteiger partial charge on any atom is 0.277 e.